The number of hydrogen-bond acceptors (Lipinski definition) is 7. The number of hydrogen-bond donors (Lipinski definition) is 0. The van der Waals surface area contributed by atoms with E-state index in [1.165, 1.54) is 0 Å². The predicted molar refractivity (Wildman–Crippen MR) is 186 cm³/mol. The van der Waals surface area contributed by atoms with Crippen molar-refractivity contribution in [3.8, 4) is 16.9 Å². The quantitative estimate of drug-likeness (QED) is 0.166. The predicted octanol–water partition coefficient (Wildman–Crippen LogP) is 9.26. The Hall–Kier alpha value is -2.30. The Bertz CT molecular complexity index is 1530. The number of fused-ring (bicyclic) bond motifs is 1. The lowest BCUT2D eigenvalue weighted by atomic mass is 9.85. The van der Waals surface area contributed by atoms with Gasteiger partial charge in [-0.1, -0.05) is 68.8 Å². The third-order valence-corrected chi connectivity index (χ3v) is 14.3. The Morgan fingerprint density at radius 3 is 2.31 bits per heavy atom. The zero-order chi connectivity index (χ0) is 32.7. The normalized spacial score (nSPS) is 22.7. The minimum absolute atomic E-state index is 0.0375. The molecule has 2 saturated heterocycles. The topological polar surface area (TPSA) is 55.4 Å². The molecule has 0 bridgehead atoms. The largest absolute Gasteiger partial charge is 0.494 e. The summed E-state index contributed by atoms with van der Waals surface area (Å²) >= 11 is 12.8. The third-order valence-electron chi connectivity index (χ3n) is 9.05. The molecule has 242 valence electrons. The highest BCUT2D eigenvalue weighted by molar-refractivity contribution is 7.80. The van der Waals surface area contributed by atoms with Crippen LogP contribution < -0.4 is 4.74 Å². The minimum atomic E-state index is -2.30. The molecule has 0 amide bonds. The summed E-state index contributed by atoms with van der Waals surface area (Å²) < 4.78 is 38.1. The Labute approximate surface area is 279 Å². The maximum Gasteiger partial charge on any atom is 0.192 e. The molecule has 2 heterocycles. The molecule has 9 heteroatoms. The van der Waals surface area contributed by atoms with Gasteiger partial charge in [0.1, 0.15) is 24.1 Å². The lowest BCUT2D eigenvalue weighted by Crippen LogP contribution is -2.48. The molecule has 0 spiro atoms. The lowest BCUT2D eigenvalue weighted by Gasteiger charge is -2.41. The minimum Gasteiger partial charge on any atom is -0.494 e. The van der Waals surface area contributed by atoms with Crippen molar-refractivity contribution >= 4 is 37.2 Å². The fourth-order valence-electron chi connectivity index (χ4n) is 5.82. The maximum absolute atomic E-state index is 7.21. The molecule has 5 rings (SSSR count). The number of rotatable bonds is 9. The standard InChI is InChI=1S/C36H45ClO6SSi/c1-10-39-23-17-15-22(16-18-23)21-27-28(37)20-19-25(24-13-11-12-14-26(24)34(44)38-7)29(27)30-31(43-45(8,9)35(2,3)4)32-33(40-30)42-36(5,6)41-32/h11-20,30-33H,10,21H2,1-9H3/t30-,31-,32-,33-/m0/s1. The fourth-order valence-corrected chi connectivity index (χ4v) is 7.52. The van der Waals surface area contributed by atoms with Gasteiger partial charge >= 0.3 is 0 Å². The Balaban J connectivity index is 1.71. The van der Waals surface area contributed by atoms with E-state index in [0.717, 1.165) is 39.1 Å². The molecule has 6 nitrogen and oxygen atoms in total. The number of ether oxygens (including phenoxy) is 5. The van der Waals surface area contributed by atoms with E-state index in [1.54, 1.807) is 7.11 Å². The summed E-state index contributed by atoms with van der Waals surface area (Å²) in [6.45, 7) is 17.6. The van der Waals surface area contributed by atoms with E-state index in [4.69, 9.17) is 51.9 Å². The van der Waals surface area contributed by atoms with E-state index in [1.807, 2.05) is 63.2 Å². The summed E-state index contributed by atoms with van der Waals surface area (Å²) in [5, 5.41) is 1.01. The first-order chi connectivity index (χ1) is 21.2. The average molecular weight is 669 g/mol. The van der Waals surface area contributed by atoms with E-state index in [9.17, 15) is 0 Å². The molecule has 45 heavy (non-hydrogen) atoms. The van der Waals surface area contributed by atoms with Crippen LogP contribution in [0.15, 0.2) is 60.7 Å². The molecule has 0 saturated carbocycles. The molecule has 0 aromatic heterocycles. The molecule has 0 aliphatic carbocycles. The van der Waals surface area contributed by atoms with Crippen LogP contribution in [0.2, 0.25) is 23.2 Å². The van der Waals surface area contributed by atoms with E-state index >= 15 is 0 Å². The van der Waals surface area contributed by atoms with Gasteiger partial charge in [0, 0.05) is 10.6 Å². The SMILES string of the molecule is CCOc1ccc(Cc2c(Cl)ccc(-c3ccccc3C(=S)OC)c2[C@@H]2O[C@H]3OC(C)(C)O[C@H]3[C@H]2O[Si](C)(C)C(C)(C)C)cc1. The van der Waals surface area contributed by atoms with Gasteiger partial charge in [-0.15, -0.1) is 0 Å². The summed E-state index contributed by atoms with van der Waals surface area (Å²) in [6.07, 6.45) is -1.41. The second kappa shape index (κ2) is 13.1. The van der Waals surface area contributed by atoms with Crippen LogP contribution in [-0.4, -0.2) is 51.4 Å². The second-order valence-corrected chi connectivity index (χ2v) is 19.2. The van der Waals surface area contributed by atoms with Crippen molar-refractivity contribution < 1.29 is 28.1 Å². The first kappa shape index (κ1) is 34.0. The zero-order valence-electron chi connectivity index (χ0n) is 27.7. The maximum atomic E-state index is 7.21. The molecule has 3 aromatic rings. The Morgan fingerprint density at radius 1 is 0.978 bits per heavy atom. The van der Waals surface area contributed by atoms with E-state index in [2.05, 4.69) is 52.1 Å². The van der Waals surface area contributed by atoms with Crippen molar-refractivity contribution in [2.24, 2.45) is 0 Å². The molecule has 0 unspecified atom stereocenters. The number of halogens is 1. The summed E-state index contributed by atoms with van der Waals surface area (Å²) in [7, 11) is -0.707. The second-order valence-electron chi connectivity index (χ2n) is 13.6. The van der Waals surface area contributed by atoms with Crippen molar-refractivity contribution in [1.82, 2.24) is 0 Å². The van der Waals surface area contributed by atoms with Crippen LogP contribution in [0.5, 0.6) is 5.75 Å². The molecular formula is C36H45ClO6SSi. The van der Waals surface area contributed by atoms with Crippen molar-refractivity contribution in [1.29, 1.82) is 0 Å². The highest BCUT2D eigenvalue weighted by atomic mass is 35.5. The van der Waals surface area contributed by atoms with Crippen molar-refractivity contribution in [2.45, 2.75) is 96.5 Å². The molecule has 2 fully saturated rings. The van der Waals surface area contributed by atoms with Gasteiger partial charge in [-0.2, -0.15) is 0 Å². The van der Waals surface area contributed by atoms with Crippen LogP contribution in [0.3, 0.4) is 0 Å². The molecule has 0 N–H and O–H groups in total. The van der Waals surface area contributed by atoms with Crippen molar-refractivity contribution in [3.05, 3.63) is 87.9 Å². The van der Waals surface area contributed by atoms with Crippen LogP contribution in [-0.2, 0) is 29.8 Å². The smallest absolute Gasteiger partial charge is 0.192 e. The zero-order valence-corrected chi connectivity index (χ0v) is 30.3. The molecule has 4 atom stereocenters. The molecule has 0 radical (unpaired) electrons. The van der Waals surface area contributed by atoms with Crippen LogP contribution >= 0.6 is 23.8 Å². The summed E-state index contributed by atoms with van der Waals surface area (Å²) in [5.74, 6) is 0.0320. The van der Waals surface area contributed by atoms with Gasteiger partial charge in [-0.05, 0) is 110 Å². The number of benzene rings is 3. The lowest BCUT2D eigenvalue weighted by molar-refractivity contribution is -0.215. The van der Waals surface area contributed by atoms with Gasteiger partial charge in [-0.25, -0.2) is 0 Å². The third kappa shape index (κ3) is 7.03. The van der Waals surface area contributed by atoms with Crippen molar-refractivity contribution in [2.75, 3.05) is 13.7 Å². The number of thiocarbonyl (C=S) groups is 1. The highest BCUT2D eigenvalue weighted by Gasteiger charge is 2.58. The first-order valence-corrected chi connectivity index (χ1v) is 19.2. The molecular weight excluding hydrogens is 624 g/mol. The molecule has 2 aliphatic heterocycles. The van der Waals surface area contributed by atoms with Gasteiger partial charge in [0.05, 0.1) is 13.7 Å². The average Bonchev–Trinajstić information content (AvgIpc) is 3.45. The van der Waals surface area contributed by atoms with E-state index < -0.39 is 38.7 Å². The van der Waals surface area contributed by atoms with Crippen LogP contribution in [0.25, 0.3) is 11.1 Å². The highest BCUT2D eigenvalue weighted by Crippen LogP contribution is 2.51. The Morgan fingerprint density at radius 2 is 1.67 bits per heavy atom. The van der Waals surface area contributed by atoms with Gasteiger partial charge in [-0.3, -0.25) is 0 Å². The van der Waals surface area contributed by atoms with Crippen LogP contribution in [0.1, 0.15) is 69.9 Å². The fraction of sp³-hybridized carbons (Fsp3) is 0.472. The summed E-state index contributed by atoms with van der Waals surface area (Å²) in [6, 6.07) is 20.1. The summed E-state index contributed by atoms with van der Waals surface area (Å²) in [5.41, 5.74) is 5.67. The first-order valence-electron chi connectivity index (χ1n) is 15.6. The molecule has 3 aromatic carbocycles. The van der Waals surface area contributed by atoms with Gasteiger partial charge in [0.15, 0.2) is 25.4 Å². The van der Waals surface area contributed by atoms with Crippen LogP contribution in [0, 0.1) is 0 Å². The Kier molecular flexibility index (Phi) is 9.89. The molecule has 2 aliphatic rings. The van der Waals surface area contributed by atoms with Gasteiger partial charge in [0.25, 0.3) is 0 Å². The van der Waals surface area contributed by atoms with Crippen LogP contribution in [0.4, 0.5) is 0 Å². The monoisotopic (exact) mass is 668 g/mol. The number of methoxy groups -OCH3 is 1. The summed E-state index contributed by atoms with van der Waals surface area (Å²) in [4.78, 5) is 0. The van der Waals surface area contributed by atoms with Gasteiger partial charge < -0.3 is 28.1 Å². The van der Waals surface area contributed by atoms with Gasteiger partial charge in [0.2, 0.25) is 0 Å². The van der Waals surface area contributed by atoms with E-state index in [-0.39, 0.29) is 5.04 Å². The van der Waals surface area contributed by atoms with E-state index in [0.29, 0.717) is 23.1 Å². The van der Waals surface area contributed by atoms with Crippen molar-refractivity contribution in [3.63, 3.8) is 0 Å².